The van der Waals surface area contributed by atoms with E-state index in [1.165, 1.54) is 25.7 Å². The Labute approximate surface area is 126 Å². The summed E-state index contributed by atoms with van der Waals surface area (Å²) in [6, 6.07) is 0. The molecular formula is C15H27N3O3. The number of guanidine groups is 1. The van der Waals surface area contributed by atoms with Crippen molar-refractivity contribution in [3.8, 4) is 0 Å². The summed E-state index contributed by atoms with van der Waals surface area (Å²) in [4.78, 5) is 6.56. The van der Waals surface area contributed by atoms with Gasteiger partial charge in [-0.15, -0.1) is 0 Å². The third kappa shape index (κ3) is 3.87. The fraction of sp³-hybridized carbons (Fsp3) is 0.933. The van der Waals surface area contributed by atoms with E-state index in [-0.39, 0.29) is 11.9 Å². The molecule has 0 aromatic rings. The van der Waals surface area contributed by atoms with Crippen LogP contribution in [0.5, 0.6) is 0 Å². The number of aliphatic imine (C=N–C) groups is 1. The molecule has 6 nitrogen and oxygen atoms in total. The second-order valence-corrected chi connectivity index (χ2v) is 6.17. The Hall–Kier alpha value is -0.850. The van der Waals surface area contributed by atoms with Crippen molar-refractivity contribution in [3.63, 3.8) is 0 Å². The van der Waals surface area contributed by atoms with Gasteiger partial charge in [-0.05, 0) is 12.8 Å². The average molecular weight is 297 g/mol. The Morgan fingerprint density at radius 3 is 2.57 bits per heavy atom. The molecule has 1 aliphatic carbocycles. The summed E-state index contributed by atoms with van der Waals surface area (Å²) in [6.45, 7) is 4.32. The van der Waals surface area contributed by atoms with Crippen LogP contribution >= 0.6 is 0 Å². The number of morpholine rings is 1. The van der Waals surface area contributed by atoms with Crippen LogP contribution in [0.1, 0.15) is 38.5 Å². The Kier molecular flexibility index (Phi) is 4.98. The number of nitrogens with two attached hydrogens (primary N) is 1. The summed E-state index contributed by atoms with van der Waals surface area (Å²) in [5, 5.41) is 0. The molecule has 3 fully saturated rings. The lowest BCUT2D eigenvalue weighted by Crippen LogP contribution is -2.45. The van der Waals surface area contributed by atoms with Gasteiger partial charge in [-0.1, -0.05) is 12.8 Å². The Bertz CT molecular complexity index is 361. The third-order valence-corrected chi connectivity index (χ3v) is 4.57. The molecule has 1 unspecified atom stereocenters. The van der Waals surface area contributed by atoms with Crippen molar-refractivity contribution in [1.82, 2.24) is 4.90 Å². The molecule has 3 aliphatic rings. The van der Waals surface area contributed by atoms with E-state index in [9.17, 15) is 0 Å². The molecule has 1 saturated carbocycles. The summed E-state index contributed by atoms with van der Waals surface area (Å²) in [7, 11) is 0. The molecule has 0 amide bonds. The van der Waals surface area contributed by atoms with E-state index in [1.807, 2.05) is 0 Å². The molecule has 21 heavy (non-hydrogen) atoms. The largest absolute Gasteiger partial charge is 0.378 e. The van der Waals surface area contributed by atoms with E-state index >= 15 is 0 Å². The normalized spacial score (nSPS) is 30.6. The van der Waals surface area contributed by atoms with E-state index in [0.717, 1.165) is 39.1 Å². The second-order valence-electron chi connectivity index (χ2n) is 6.17. The highest BCUT2D eigenvalue weighted by Crippen LogP contribution is 2.36. The monoisotopic (exact) mass is 297 g/mol. The minimum atomic E-state index is -0.329. The van der Waals surface area contributed by atoms with Gasteiger partial charge < -0.3 is 24.8 Å². The maximum Gasteiger partial charge on any atom is 0.191 e. The summed E-state index contributed by atoms with van der Waals surface area (Å²) in [5.41, 5.74) is 6.05. The molecule has 3 rings (SSSR count). The van der Waals surface area contributed by atoms with Crippen LogP contribution in [0.15, 0.2) is 4.99 Å². The first-order chi connectivity index (χ1) is 10.3. The van der Waals surface area contributed by atoms with Gasteiger partial charge in [-0.25, -0.2) is 0 Å². The van der Waals surface area contributed by atoms with Gasteiger partial charge in [0.1, 0.15) is 6.10 Å². The molecule has 0 aromatic heterocycles. The third-order valence-electron chi connectivity index (χ3n) is 4.57. The van der Waals surface area contributed by atoms with E-state index in [0.29, 0.717) is 19.1 Å². The van der Waals surface area contributed by atoms with E-state index in [4.69, 9.17) is 19.9 Å². The lowest BCUT2D eigenvalue weighted by molar-refractivity contribution is -0.174. The van der Waals surface area contributed by atoms with Crippen molar-refractivity contribution >= 4 is 5.96 Å². The van der Waals surface area contributed by atoms with Gasteiger partial charge in [0.05, 0.1) is 26.4 Å². The van der Waals surface area contributed by atoms with Crippen molar-refractivity contribution in [3.05, 3.63) is 0 Å². The first-order valence-electron chi connectivity index (χ1n) is 8.22. The average Bonchev–Trinajstić information content (AvgIpc) is 2.77. The highest BCUT2D eigenvalue weighted by Gasteiger charge is 2.41. The zero-order valence-electron chi connectivity index (χ0n) is 12.8. The van der Waals surface area contributed by atoms with Crippen LogP contribution in [0, 0.1) is 0 Å². The van der Waals surface area contributed by atoms with E-state index in [1.54, 1.807) is 0 Å². The highest BCUT2D eigenvalue weighted by molar-refractivity contribution is 5.78. The van der Waals surface area contributed by atoms with Gasteiger partial charge >= 0.3 is 0 Å². The van der Waals surface area contributed by atoms with Gasteiger partial charge in [0, 0.05) is 25.9 Å². The smallest absolute Gasteiger partial charge is 0.191 e. The topological polar surface area (TPSA) is 69.3 Å². The van der Waals surface area contributed by atoms with Crippen LogP contribution in [-0.2, 0) is 14.2 Å². The van der Waals surface area contributed by atoms with Crippen LogP contribution in [-0.4, -0.2) is 62.2 Å². The van der Waals surface area contributed by atoms with Crippen molar-refractivity contribution in [2.24, 2.45) is 10.7 Å². The van der Waals surface area contributed by atoms with E-state index in [2.05, 4.69) is 9.89 Å². The van der Waals surface area contributed by atoms with E-state index < -0.39 is 0 Å². The maximum atomic E-state index is 6.18. The number of ether oxygens (including phenoxy) is 3. The van der Waals surface area contributed by atoms with Gasteiger partial charge in [0.2, 0.25) is 0 Å². The Morgan fingerprint density at radius 1 is 1.14 bits per heavy atom. The summed E-state index contributed by atoms with van der Waals surface area (Å²) >= 11 is 0. The Balaban J connectivity index is 1.49. The first-order valence-corrected chi connectivity index (χ1v) is 8.22. The first kappa shape index (κ1) is 15.1. The molecule has 2 N–H and O–H groups in total. The SMILES string of the molecule is NC(=NCC1COC2(CCCCCC2)O1)N1CCOCC1. The van der Waals surface area contributed by atoms with Gasteiger partial charge in [0.25, 0.3) is 0 Å². The van der Waals surface area contributed by atoms with Crippen LogP contribution in [0.3, 0.4) is 0 Å². The lowest BCUT2D eigenvalue weighted by atomic mass is 10.1. The van der Waals surface area contributed by atoms with Crippen LogP contribution < -0.4 is 5.73 Å². The van der Waals surface area contributed by atoms with Gasteiger partial charge in [-0.2, -0.15) is 0 Å². The number of hydrogen-bond acceptors (Lipinski definition) is 4. The number of nitrogens with zero attached hydrogens (tertiary/aromatic N) is 2. The molecule has 2 saturated heterocycles. The minimum Gasteiger partial charge on any atom is -0.378 e. The minimum absolute atomic E-state index is 0.0442. The molecule has 1 spiro atoms. The predicted molar refractivity (Wildman–Crippen MR) is 80.1 cm³/mol. The lowest BCUT2D eigenvalue weighted by Gasteiger charge is -2.28. The van der Waals surface area contributed by atoms with Crippen LogP contribution in [0.2, 0.25) is 0 Å². The second kappa shape index (κ2) is 6.94. The zero-order valence-corrected chi connectivity index (χ0v) is 12.8. The molecule has 0 radical (unpaired) electrons. The van der Waals surface area contributed by atoms with Crippen LogP contribution in [0.25, 0.3) is 0 Å². The number of hydrogen-bond donors (Lipinski definition) is 1. The fourth-order valence-electron chi connectivity index (χ4n) is 3.32. The molecule has 2 aliphatic heterocycles. The molecular weight excluding hydrogens is 270 g/mol. The Morgan fingerprint density at radius 2 is 1.86 bits per heavy atom. The van der Waals surface area contributed by atoms with Crippen molar-refractivity contribution in [2.45, 2.75) is 50.4 Å². The van der Waals surface area contributed by atoms with Gasteiger partial charge in [0.15, 0.2) is 11.7 Å². The van der Waals surface area contributed by atoms with Crippen LogP contribution in [0.4, 0.5) is 0 Å². The molecule has 0 aromatic carbocycles. The maximum absolute atomic E-state index is 6.18. The summed E-state index contributed by atoms with van der Waals surface area (Å²) in [6.07, 6.45) is 7.07. The predicted octanol–water partition coefficient (Wildman–Crippen LogP) is 1.10. The van der Waals surface area contributed by atoms with Gasteiger partial charge in [-0.3, -0.25) is 4.99 Å². The molecule has 120 valence electrons. The summed E-state index contributed by atoms with van der Waals surface area (Å²) in [5.74, 6) is 0.272. The van der Waals surface area contributed by atoms with Crippen molar-refractivity contribution < 1.29 is 14.2 Å². The quantitative estimate of drug-likeness (QED) is 0.610. The molecule has 2 heterocycles. The molecule has 6 heteroatoms. The zero-order chi connectivity index (χ0) is 14.5. The summed E-state index contributed by atoms with van der Waals surface area (Å²) < 4.78 is 17.5. The fourth-order valence-corrected chi connectivity index (χ4v) is 3.32. The molecule has 1 atom stereocenters. The van der Waals surface area contributed by atoms with Crippen molar-refractivity contribution in [1.29, 1.82) is 0 Å². The van der Waals surface area contributed by atoms with Crippen molar-refractivity contribution in [2.75, 3.05) is 39.5 Å². The molecule has 0 bridgehead atoms. The standard InChI is InChI=1S/C15H27N3O3/c16-14(18-7-9-19-10-8-18)17-11-13-12-20-15(21-13)5-3-1-2-4-6-15/h13H,1-12H2,(H2,16,17). The highest BCUT2D eigenvalue weighted by atomic mass is 16.7. The number of rotatable bonds is 2.